The van der Waals surface area contributed by atoms with E-state index >= 15 is 0 Å². The number of aromatic hydroxyl groups is 1. The fraction of sp³-hybridized carbons (Fsp3) is 0.500. The highest BCUT2D eigenvalue weighted by Gasteiger charge is 2.20. The molecule has 5 heteroatoms. The largest absolute Gasteiger partial charge is 0.506 e. The topological polar surface area (TPSA) is 81.6 Å². The molecular formula is C14H20N2O3. The Morgan fingerprint density at radius 2 is 2.16 bits per heavy atom. The maximum Gasteiger partial charge on any atom is 0.211 e. The van der Waals surface area contributed by atoms with E-state index in [-0.39, 0.29) is 18.4 Å². The number of phenolic OH excluding ortho intramolecular Hbond substituents is 1. The lowest BCUT2D eigenvalue weighted by Crippen LogP contribution is -2.45. The molecule has 0 aliphatic carbocycles. The summed E-state index contributed by atoms with van der Waals surface area (Å²) in [4.78, 5) is 10.4. The first kappa shape index (κ1) is 13.8. The average Bonchev–Trinajstić information content (AvgIpc) is 2.43. The molecule has 1 fully saturated rings. The third-order valence-corrected chi connectivity index (χ3v) is 3.55. The smallest absolute Gasteiger partial charge is 0.211 e. The van der Waals surface area contributed by atoms with Crippen LogP contribution in [0.4, 0.5) is 5.69 Å². The summed E-state index contributed by atoms with van der Waals surface area (Å²) < 4.78 is 0. The van der Waals surface area contributed by atoms with Gasteiger partial charge in [-0.1, -0.05) is 12.5 Å². The third-order valence-electron chi connectivity index (χ3n) is 3.55. The van der Waals surface area contributed by atoms with Gasteiger partial charge in [-0.05, 0) is 37.0 Å². The minimum atomic E-state index is 0.0701. The molecule has 19 heavy (non-hydrogen) atoms. The molecule has 0 aromatic heterocycles. The van der Waals surface area contributed by atoms with Crippen molar-refractivity contribution in [1.29, 1.82) is 0 Å². The van der Waals surface area contributed by atoms with Crippen LogP contribution in [-0.2, 0) is 11.2 Å². The van der Waals surface area contributed by atoms with E-state index in [1.54, 1.807) is 12.1 Å². The Balaban J connectivity index is 2.02. The fourth-order valence-corrected chi connectivity index (χ4v) is 2.59. The van der Waals surface area contributed by atoms with Crippen molar-refractivity contribution >= 4 is 12.1 Å². The molecule has 0 spiro atoms. The number of aliphatic hydroxyl groups excluding tert-OH is 1. The summed E-state index contributed by atoms with van der Waals surface area (Å²) in [6, 6.07) is 5.75. The van der Waals surface area contributed by atoms with Gasteiger partial charge in [-0.2, -0.15) is 0 Å². The number of anilines is 1. The van der Waals surface area contributed by atoms with Crippen molar-refractivity contribution in [3.05, 3.63) is 23.8 Å². The highest BCUT2D eigenvalue weighted by molar-refractivity contribution is 5.75. The van der Waals surface area contributed by atoms with Crippen LogP contribution in [0, 0.1) is 0 Å². The molecule has 0 saturated carbocycles. The molecule has 1 aromatic rings. The van der Waals surface area contributed by atoms with E-state index in [2.05, 4.69) is 10.6 Å². The van der Waals surface area contributed by atoms with Gasteiger partial charge in [0.05, 0.1) is 12.3 Å². The molecule has 104 valence electrons. The second kappa shape index (κ2) is 6.54. The number of carbonyl (C=O) groups is 1. The lowest BCUT2D eigenvalue weighted by atomic mass is 9.94. The maximum absolute atomic E-state index is 10.4. The number of benzene rings is 1. The van der Waals surface area contributed by atoms with Crippen molar-refractivity contribution in [2.75, 3.05) is 11.9 Å². The van der Waals surface area contributed by atoms with Crippen LogP contribution in [0.5, 0.6) is 5.75 Å². The van der Waals surface area contributed by atoms with Crippen LogP contribution in [-0.4, -0.2) is 35.3 Å². The molecule has 2 rings (SSSR count). The van der Waals surface area contributed by atoms with Crippen molar-refractivity contribution < 1.29 is 15.0 Å². The summed E-state index contributed by atoms with van der Waals surface area (Å²) >= 11 is 0. The van der Waals surface area contributed by atoms with Crippen LogP contribution >= 0.6 is 0 Å². The van der Waals surface area contributed by atoms with Crippen LogP contribution in [0.15, 0.2) is 18.2 Å². The van der Waals surface area contributed by atoms with Crippen LogP contribution in [0.2, 0.25) is 0 Å². The van der Waals surface area contributed by atoms with Gasteiger partial charge in [-0.15, -0.1) is 0 Å². The van der Waals surface area contributed by atoms with Gasteiger partial charge in [0.1, 0.15) is 5.75 Å². The standard InChI is InChI=1S/C14H20N2O3/c17-8-12-3-1-2-11(16-12)6-10-4-5-14(19)13(7-10)15-9-18/h4-5,7,9,11-12,16-17,19H,1-3,6,8H2,(H,15,18). The van der Waals surface area contributed by atoms with Crippen molar-refractivity contribution in [3.63, 3.8) is 0 Å². The van der Waals surface area contributed by atoms with E-state index in [1.807, 2.05) is 6.07 Å². The zero-order valence-corrected chi connectivity index (χ0v) is 10.8. The van der Waals surface area contributed by atoms with Gasteiger partial charge < -0.3 is 20.8 Å². The highest BCUT2D eigenvalue weighted by atomic mass is 16.3. The molecule has 1 heterocycles. The fourth-order valence-electron chi connectivity index (χ4n) is 2.59. The van der Waals surface area contributed by atoms with Gasteiger partial charge in [0.15, 0.2) is 0 Å². The number of amides is 1. The molecule has 1 aromatic carbocycles. The predicted molar refractivity (Wildman–Crippen MR) is 73.1 cm³/mol. The molecule has 4 N–H and O–H groups in total. The Bertz CT molecular complexity index is 437. The lowest BCUT2D eigenvalue weighted by Gasteiger charge is -2.30. The Labute approximate surface area is 112 Å². The SMILES string of the molecule is O=CNc1cc(CC2CCCC(CO)N2)ccc1O. The minimum Gasteiger partial charge on any atom is -0.506 e. The number of rotatable bonds is 5. The maximum atomic E-state index is 10.4. The summed E-state index contributed by atoms with van der Waals surface area (Å²) in [6.45, 7) is 0.171. The normalized spacial score (nSPS) is 23.0. The summed E-state index contributed by atoms with van der Waals surface area (Å²) in [6.07, 6.45) is 4.58. The first-order valence-electron chi connectivity index (χ1n) is 6.62. The number of phenols is 1. The Morgan fingerprint density at radius 1 is 1.37 bits per heavy atom. The second-order valence-electron chi connectivity index (χ2n) is 4.99. The summed E-state index contributed by atoms with van der Waals surface area (Å²) in [5, 5.41) is 24.7. The number of carbonyl (C=O) groups excluding carboxylic acids is 1. The zero-order chi connectivity index (χ0) is 13.7. The molecule has 5 nitrogen and oxygen atoms in total. The summed E-state index contributed by atoms with van der Waals surface area (Å²) in [7, 11) is 0. The molecule has 2 unspecified atom stereocenters. The number of aliphatic hydroxyl groups is 1. The van der Waals surface area contributed by atoms with Crippen LogP contribution in [0.3, 0.4) is 0 Å². The Morgan fingerprint density at radius 3 is 2.89 bits per heavy atom. The quantitative estimate of drug-likeness (QED) is 0.472. The monoisotopic (exact) mass is 264 g/mol. The second-order valence-corrected chi connectivity index (χ2v) is 4.99. The van der Waals surface area contributed by atoms with E-state index < -0.39 is 0 Å². The van der Waals surface area contributed by atoms with Gasteiger partial charge in [-0.25, -0.2) is 0 Å². The first-order chi connectivity index (χ1) is 9.22. The Kier molecular flexibility index (Phi) is 4.76. The summed E-state index contributed by atoms with van der Waals surface area (Å²) in [5.74, 6) is 0.0701. The molecule has 1 aliphatic rings. The highest BCUT2D eigenvalue weighted by Crippen LogP contribution is 2.25. The minimum absolute atomic E-state index is 0.0701. The third kappa shape index (κ3) is 3.68. The number of piperidine rings is 1. The molecule has 0 radical (unpaired) electrons. The van der Waals surface area contributed by atoms with Crippen LogP contribution < -0.4 is 10.6 Å². The zero-order valence-electron chi connectivity index (χ0n) is 10.8. The van der Waals surface area contributed by atoms with Gasteiger partial charge in [0.2, 0.25) is 6.41 Å². The van der Waals surface area contributed by atoms with Crippen molar-refractivity contribution in [2.45, 2.75) is 37.8 Å². The van der Waals surface area contributed by atoms with E-state index in [1.165, 1.54) is 0 Å². The predicted octanol–water partition coefficient (Wildman–Crippen LogP) is 1.01. The lowest BCUT2D eigenvalue weighted by molar-refractivity contribution is -0.105. The number of hydrogen-bond donors (Lipinski definition) is 4. The van der Waals surface area contributed by atoms with E-state index in [0.29, 0.717) is 18.1 Å². The van der Waals surface area contributed by atoms with Crippen LogP contribution in [0.1, 0.15) is 24.8 Å². The van der Waals surface area contributed by atoms with Gasteiger partial charge >= 0.3 is 0 Å². The van der Waals surface area contributed by atoms with E-state index in [4.69, 9.17) is 0 Å². The van der Waals surface area contributed by atoms with Crippen LogP contribution in [0.25, 0.3) is 0 Å². The average molecular weight is 264 g/mol. The van der Waals surface area contributed by atoms with Gasteiger partial charge in [0, 0.05) is 12.1 Å². The Hall–Kier alpha value is -1.59. The molecule has 1 aliphatic heterocycles. The molecule has 0 bridgehead atoms. The molecule has 2 atom stereocenters. The molecule has 1 saturated heterocycles. The van der Waals surface area contributed by atoms with Crippen molar-refractivity contribution in [3.8, 4) is 5.75 Å². The van der Waals surface area contributed by atoms with Gasteiger partial charge in [-0.3, -0.25) is 4.79 Å². The number of nitrogens with one attached hydrogen (secondary N) is 2. The van der Waals surface area contributed by atoms with E-state index in [9.17, 15) is 15.0 Å². The molecule has 1 amide bonds. The van der Waals surface area contributed by atoms with E-state index in [0.717, 1.165) is 31.2 Å². The van der Waals surface area contributed by atoms with Gasteiger partial charge in [0.25, 0.3) is 0 Å². The molecular weight excluding hydrogens is 244 g/mol. The number of hydrogen-bond acceptors (Lipinski definition) is 4. The first-order valence-corrected chi connectivity index (χ1v) is 6.62. The van der Waals surface area contributed by atoms with Crippen molar-refractivity contribution in [2.24, 2.45) is 0 Å². The van der Waals surface area contributed by atoms with Crippen molar-refractivity contribution in [1.82, 2.24) is 5.32 Å². The summed E-state index contributed by atoms with van der Waals surface area (Å²) in [5.41, 5.74) is 1.49.